The lowest BCUT2D eigenvalue weighted by Gasteiger charge is -2.25. The van der Waals surface area contributed by atoms with Gasteiger partial charge < -0.3 is 28.5 Å². The molecule has 9 nitrogen and oxygen atoms in total. The number of carbonyl (C=O) groups excluding carboxylic acids is 2. The van der Waals surface area contributed by atoms with Crippen molar-refractivity contribution in [2.45, 2.75) is 232 Å². The summed E-state index contributed by atoms with van der Waals surface area (Å²) in [5.74, 6) is -2.00. The molecule has 1 N–H and O–H groups in total. The number of rotatable bonds is 45. The molecule has 0 saturated carbocycles. The average Bonchev–Trinajstić information content (AvgIpc) is 3.19. The first-order chi connectivity index (χ1) is 28.6. The monoisotopic (exact) mass is 837 g/mol. The summed E-state index contributed by atoms with van der Waals surface area (Å²) in [6.45, 7) is 4.87. The summed E-state index contributed by atoms with van der Waals surface area (Å²) in [6.07, 6.45) is 43.7. The molecule has 0 spiro atoms. The van der Waals surface area contributed by atoms with Crippen LogP contribution in [0.5, 0.6) is 0 Å². The van der Waals surface area contributed by atoms with E-state index in [-0.39, 0.29) is 32.2 Å². The maximum atomic E-state index is 12.8. The molecule has 346 valence electrons. The van der Waals surface area contributed by atoms with Crippen molar-refractivity contribution in [1.82, 2.24) is 0 Å². The van der Waals surface area contributed by atoms with Gasteiger partial charge in [0.2, 0.25) is 0 Å². The van der Waals surface area contributed by atoms with Crippen LogP contribution in [0.3, 0.4) is 0 Å². The third kappa shape index (κ3) is 43.7. The number of nitrogens with zero attached hydrogens (tertiary/aromatic N) is 1. The topological polar surface area (TPSA) is 108 Å². The summed E-state index contributed by atoms with van der Waals surface area (Å²) in [6, 6.07) is 0. The molecule has 0 rings (SSSR count). The molecule has 0 radical (unpaired) electrons. The van der Waals surface area contributed by atoms with Gasteiger partial charge in [-0.05, 0) is 44.9 Å². The highest BCUT2D eigenvalue weighted by Crippen LogP contribution is 2.15. The maximum Gasteiger partial charge on any atom is 0.361 e. The summed E-state index contributed by atoms with van der Waals surface area (Å²) in [7, 11) is 5.96. The zero-order chi connectivity index (χ0) is 43.5. The lowest BCUT2D eigenvalue weighted by atomic mass is 10.0. The van der Waals surface area contributed by atoms with Gasteiger partial charge in [0.15, 0.2) is 6.10 Å². The molecule has 0 aromatic carbocycles. The molecular formula is C50H94NO8+. The molecule has 0 bridgehead atoms. The van der Waals surface area contributed by atoms with Crippen molar-refractivity contribution >= 4 is 17.9 Å². The van der Waals surface area contributed by atoms with Crippen LogP contribution >= 0.6 is 0 Å². The Morgan fingerprint density at radius 1 is 0.508 bits per heavy atom. The summed E-state index contributed by atoms with van der Waals surface area (Å²) >= 11 is 0. The van der Waals surface area contributed by atoms with Gasteiger partial charge in [-0.25, -0.2) is 4.79 Å². The second-order valence-corrected chi connectivity index (χ2v) is 17.8. The van der Waals surface area contributed by atoms with Crippen molar-refractivity contribution in [2.24, 2.45) is 0 Å². The van der Waals surface area contributed by atoms with Gasteiger partial charge in [-0.15, -0.1) is 0 Å². The zero-order valence-electron chi connectivity index (χ0n) is 39.2. The highest BCUT2D eigenvalue weighted by atomic mass is 16.7. The van der Waals surface area contributed by atoms with Crippen molar-refractivity contribution < 1.29 is 42.9 Å². The van der Waals surface area contributed by atoms with E-state index in [1.165, 1.54) is 135 Å². The molecule has 0 fully saturated rings. The molecule has 59 heavy (non-hydrogen) atoms. The Morgan fingerprint density at radius 3 is 1.36 bits per heavy atom. The lowest BCUT2D eigenvalue weighted by molar-refractivity contribution is -0.870. The van der Waals surface area contributed by atoms with Crippen molar-refractivity contribution in [3.8, 4) is 0 Å². The van der Waals surface area contributed by atoms with Crippen molar-refractivity contribution in [3.05, 3.63) is 24.3 Å². The van der Waals surface area contributed by atoms with Gasteiger partial charge in [-0.1, -0.05) is 186 Å². The minimum absolute atomic E-state index is 0.181. The summed E-state index contributed by atoms with van der Waals surface area (Å²) in [5, 5.41) is 9.65. The molecule has 0 amide bonds. The van der Waals surface area contributed by atoms with E-state index in [4.69, 9.17) is 18.9 Å². The number of carboxylic acids is 1. The van der Waals surface area contributed by atoms with Gasteiger partial charge in [0.1, 0.15) is 13.2 Å². The molecule has 2 unspecified atom stereocenters. The van der Waals surface area contributed by atoms with Gasteiger partial charge in [-0.2, -0.15) is 0 Å². The van der Waals surface area contributed by atoms with Gasteiger partial charge in [0.05, 0.1) is 34.4 Å². The fourth-order valence-electron chi connectivity index (χ4n) is 6.87. The molecule has 0 aromatic rings. The van der Waals surface area contributed by atoms with E-state index in [1.54, 1.807) is 0 Å². The quantitative estimate of drug-likeness (QED) is 0.0212. The maximum absolute atomic E-state index is 12.8. The van der Waals surface area contributed by atoms with Crippen LogP contribution in [0, 0.1) is 0 Å². The molecule has 0 saturated heterocycles. The number of carbonyl (C=O) groups is 3. The van der Waals surface area contributed by atoms with Crippen LogP contribution in [0.4, 0.5) is 0 Å². The second-order valence-electron chi connectivity index (χ2n) is 17.8. The molecule has 0 aliphatic carbocycles. The number of allylic oxidation sites excluding steroid dienone is 4. The first kappa shape index (κ1) is 56.8. The summed E-state index contributed by atoms with van der Waals surface area (Å²) in [5.41, 5.74) is 0. The average molecular weight is 837 g/mol. The number of likely N-dealkylation sites (N-methyl/N-ethyl adjacent to an activating group) is 1. The minimum Gasteiger partial charge on any atom is -0.477 e. The second kappa shape index (κ2) is 42.5. The van der Waals surface area contributed by atoms with Crippen LogP contribution in [-0.4, -0.2) is 87.4 Å². The van der Waals surface area contributed by atoms with Crippen LogP contribution in [0.25, 0.3) is 0 Å². The van der Waals surface area contributed by atoms with Crippen LogP contribution in [0.1, 0.15) is 219 Å². The predicted molar refractivity (Wildman–Crippen MR) is 244 cm³/mol. The lowest BCUT2D eigenvalue weighted by Crippen LogP contribution is -2.40. The first-order valence-electron chi connectivity index (χ1n) is 24.5. The molecule has 2 atom stereocenters. The van der Waals surface area contributed by atoms with E-state index >= 15 is 0 Å². The standard InChI is InChI=1S/C50H93NO8/c1-6-8-10-12-14-16-18-20-22-24-25-27-29-31-33-35-37-39-41-48(53)59-46(45-58-50(49(54)55)56-43-42-51(3,4)5)44-57-47(52)40-38-36-34-32-30-28-26-23-21-19-17-15-13-11-9-7-2/h16,18,22,24,46,50H,6-15,17,19-21,23,25-45H2,1-5H3/p+1/b18-16-,24-22-. The molecular weight excluding hydrogens is 743 g/mol. The number of aliphatic carboxylic acids is 1. The van der Waals surface area contributed by atoms with E-state index in [0.29, 0.717) is 23.9 Å². The molecule has 0 aliphatic heterocycles. The highest BCUT2D eigenvalue weighted by Gasteiger charge is 2.25. The van der Waals surface area contributed by atoms with Crippen LogP contribution in [0.2, 0.25) is 0 Å². The first-order valence-corrected chi connectivity index (χ1v) is 24.5. The van der Waals surface area contributed by atoms with Gasteiger partial charge in [-0.3, -0.25) is 9.59 Å². The number of quaternary nitrogens is 1. The smallest absolute Gasteiger partial charge is 0.361 e. The summed E-state index contributed by atoms with van der Waals surface area (Å²) in [4.78, 5) is 37.2. The number of unbranched alkanes of at least 4 members (excludes halogenated alkanes) is 26. The Bertz CT molecular complexity index is 1020. The Labute approximate surface area is 363 Å². The van der Waals surface area contributed by atoms with E-state index in [9.17, 15) is 19.5 Å². The van der Waals surface area contributed by atoms with E-state index in [0.717, 1.165) is 51.4 Å². The Hall–Kier alpha value is -2.23. The number of hydrogen-bond acceptors (Lipinski definition) is 7. The fraction of sp³-hybridized carbons (Fsp3) is 0.860. The van der Waals surface area contributed by atoms with Crippen LogP contribution in [0.15, 0.2) is 24.3 Å². The largest absolute Gasteiger partial charge is 0.477 e. The minimum atomic E-state index is -1.51. The van der Waals surface area contributed by atoms with Gasteiger partial charge >= 0.3 is 17.9 Å². The van der Waals surface area contributed by atoms with Crippen LogP contribution in [-0.2, 0) is 33.3 Å². The van der Waals surface area contributed by atoms with Crippen molar-refractivity contribution in [1.29, 1.82) is 0 Å². The number of hydrogen-bond donors (Lipinski definition) is 1. The normalized spacial score (nSPS) is 13.0. The van der Waals surface area contributed by atoms with Crippen LogP contribution < -0.4 is 0 Å². The SMILES string of the molecule is CCCCCC/C=C\C/C=C\CCCCCCCCCC(=O)OC(COC(=O)CCCCCCCCCCCCCCCCCC)COC(OCC[N+](C)(C)C)C(=O)O. The Morgan fingerprint density at radius 2 is 0.915 bits per heavy atom. The van der Waals surface area contributed by atoms with Gasteiger partial charge in [0.25, 0.3) is 6.29 Å². The number of ether oxygens (including phenoxy) is 4. The number of carboxylic acid groups (broad SMARTS) is 1. The number of esters is 2. The third-order valence-corrected chi connectivity index (χ3v) is 10.7. The van der Waals surface area contributed by atoms with Gasteiger partial charge in [0, 0.05) is 12.8 Å². The fourth-order valence-corrected chi connectivity index (χ4v) is 6.87. The zero-order valence-corrected chi connectivity index (χ0v) is 39.2. The van der Waals surface area contributed by atoms with Crippen molar-refractivity contribution in [2.75, 3.05) is 47.5 Å². The third-order valence-electron chi connectivity index (χ3n) is 10.7. The Kier molecular flexibility index (Phi) is 40.9. The van der Waals surface area contributed by atoms with E-state index < -0.39 is 24.3 Å². The molecule has 0 heterocycles. The van der Waals surface area contributed by atoms with E-state index in [2.05, 4.69) is 38.2 Å². The Balaban J connectivity index is 4.38. The molecule has 0 aliphatic rings. The molecule has 0 aromatic heterocycles. The van der Waals surface area contributed by atoms with E-state index in [1.807, 2.05) is 21.1 Å². The van der Waals surface area contributed by atoms with Crippen molar-refractivity contribution in [3.63, 3.8) is 0 Å². The highest BCUT2D eigenvalue weighted by molar-refractivity contribution is 5.71. The summed E-state index contributed by atoms with van der Waals surface area (Å²) < 4.78 is 22.8. The molecule has 9 heteroatoms. The predicted octanol–water partition coefficient (Wildman–Crippen LogP) is 13.2.